The molecule has 0 saturated carbocycles. The predicted octanol–water partition coefficient (Wildman–Crippen LogP) is -0.830. The van der Waals surface area contributed by atoms with E-state index in [1.807, 2.05) is 27.9 Å². The lowest BCUT2D eigenvalue weighted by Crippen LogP contribution is -2.64. The van der Waals surface area contributed by atoms with E-state index in [1.165, 1.54) is 13.0 Å². The molecule has 3 aromatic rings. The lowest BCUT2D eigenvalue weighted by molar-refractivity contribution is -0.697. The van der Waals surface area contributed by atoms with Gasteiger partial charge in [-0.15, -0.1) is 0 Å². The molecule has 6 rings (SSSR count). The van der Waals surface area contributed by atoms with Crippen LogP contribution in [0.15, 0.2) is 65.2 Å². The van der Waals surface area contributed by atoms with Crippen molar-refractivity contribution in [3.63, 3.8) is 0 Å². The molecule has 1 saturated heterocycles. The Balaban J connectivity index is 1.35. The van der Waals surface area contributed by atoms with Crippen LogP contribution in [0.1, 0.15) is 29.8 Å². The highest BCUT2D eigenvalue weighted by atomic mass is 32.2. The molecule has 2 aromatic carbocycles. The minimum atomic E-state index is -4.39. The lowest BCUT2D eigenvalue weighted by atomic mass is 9.78. The summed E-state index contributed by atoms with van der Waals surface area (Å²) in [5, 5.41) is 32.4. The van der Waals surface area contributed by atoms with Gasteiger partial charge in [0.15, 0.2) is 0 Å². The van der Waals surface area contributed by atoms with Gasteiger partial charge in [-0.25, -0.2) is 21.9 Å². The number of hydrogen-bond donors (Lipinski definition) is 2. The summed E-state index contributed by atoms with van der Waals surface area (Å²) in [4.78, 5) is 39.6. The molecule has 4 atom stereocenters. The Morgan fingerprint density at radius 1 is 1.19 bits per heavy atom. The van der Waals surface area contributed by atoms with E-state index in [0.29, 0.717) is 34.6 Å². The van der Waals surface area contributed by atoms with Crippen LogP contribution in [0, 0.1) is 11.8 Å². The predicted molar refractivity (Wildman–Crippen MR) is 145 cm³/mol. The molecule has 0 unspecified atom stereocenters. The number of β-lactam (4-membered cyclic amide) rings is 1. The second-order valence-electron chi connectivity index (χ2n) is 11.0. The number of hydrogen-bond acceptors (Lipinski definition) is 8. The van der Waals surface area contributed by atoms with Gasteiger partial charge in [0.2, 0.25) is 12.2 Å². The Bertz CT molecular complexity index is 1790. The zero-order valence-electron chi connectivity index (χ0n) is 23.0. The number of carboxylic acid groups (broad SMARTS) is 1. The summed E-state index contributed by atoms with van der Waals surface area (Å²) in [6.07, 6.45) is 5.13. The van der Waals surface area contributed by atoms with Crippen LogP contribution in [-0.2, 0) is 39.1 Å². The van der Waals surface area contributed by atoms with Crippen LogP contribution in [0.3, 0.4) is 0 Å². The Kier molecular flexibility index (Phi) is 6.71. The fraction of sp³-hybridized carbons (Fsp3) is 0.379. The quantitative estimate of drug-likeness (QED) is 0.239. The van der Waals surface area contributed by atoms with Crippen molar-refractivity contribution in [1.82, 2.24) is 13.8 Å². The molecule has 12 nitrogen and oxygen atoms in total. The Morgan fingerprint density at radius 3 is 2.64 bits per heavy atom. The molecule has 3 aliphatic rings. The number of aliphatic hydroxyl groups is 2. The van der Waals surface area contributed by atoms with Crippen LogP contribution < -0.4 is 9.67 Å². The number of amides is 2. The molecule has 42 heavy (non-hydrogen) atoms. The molecule has 0 aliphatic carbocycles. The van der Waals surface area contributed by atoms with Crippen molar-refractivity contribution in [2.45, 2.75) is 50.4 Å². The van der Waals surface area contributed by atoms with Gasteiger partial charge in [-0.05, 0) is 35.6 Å². The van der Waals surface area contributed by atoms with Gasteiger partial charge in [0.05, 0.1) is 54.3 Å². The maximum atomic E-state index is 13.9. The van der Waals surface area contributed by atoms with Crippen LogP contribution in [0.5, 0.6) is 0 Å². The molecular weight excluding hydrogens is 564 g/mol. The number of aromatic nitrogens is 2. The largest absolute Gasteiger partial charge is 0.543 e. The summed E-state index contributed by atoms with van der Waals surface area (Å²) in [5.74, 6) is -4.46. The third-order valence-corrected chi connectivity index (χ3v) is 10.5. The number of fused-ring (bicyclic) bond motifs is 1. The van der Waals surface area contributed by atoms with Gasteiger partial charge in [0, 0.05) is 23.3 Å². The van der Waals surface area contributed by atoms with E-state index in [4.69, 9.17) is 5.11 Å². The minimum absolute atomic E-state index is 0.0210. The first kappa shape index (κ1) is 28.1. The highest BCUT2D eigenvalue weighted by Gasteiger charge is 2.59. The summed E-state index contributed by atoms with van der Waals surface area (Å²) >= 11 is 0. The van der Waals surface area contributed by atoms with Crippen molar-refractivity contribution in [2.75, 3.05) is 13.2 Å². The minimum Gasteiger partial charge on any atom is -0.543 e. The average Bonchev–Trinajstić information content (AvgIpc) is 3.48. The summed E-state index contributed by atoms with van der Waals surface area (Å²) in [7, 11) is -4.39. The molecule has 0 bridgehead atoms. The Labute approximate surface area is 241 Å². The Morgan fingerprint density at radius 2 is 1.95 bits per heavy atom. The highest BCUT2D eigenvalue weighted by molar-refractivity contribution is 7.90. The molecule has 0 radical (unpaired) electrons. The van der Waals surface area contributed by atoms with Crippen molar-refractivity contribution in [3.05, 3.63) is 71.4 Å². The third kappa shape index (κ3) is 4.06. The van der Waals surface area contributed by atoms with Gasteiger partial charge in [-0.2, -0.15) is 0 Å². The summed E-state index contributed by atoms with van der Waals surface area (Å²) in [6, 6.07) is 7.55. The number of aliphatic carboxylic acids is 1. The maximum Gasteiger partial charge on any atom is 0.268 e. The zero-order valence-corrected chi connectivity index (χ0v) is 23.8. The number of aryl methyl sites for hydroxylation is 2. The number of nitrogens with zero attached hydrogens (tertiary/aromatic N) is 4. The van der Waals surface area contributed by atoms with Crippen LogP contribution in [0.4, 0.5) is 0 Å². The summed E-state index contributed by atoms with van der Waals surface area (Å²) in [5.41, 5.74) is 0.684. The molecule has 1 aromatic heterocycles. The van der Waals surface area contributed by atoms with Crippen LogP contribution >= 0.6 is 0 Å². The van der Waals surface area contributed by atoms with Crippen LogP contribution in [0.2, 0.25) is 0 Å². The fourth-order valence-corrected chi connectivity index (χ4v) is 8.21. The number of imidazole rings is 1. The molecular formula is C29H30N4O8S. The number of sulfonamides is 1. The van der Waals surface area contributed by atoms with Crippen LogP contribution in [0.25, 0.3) is 10.8 Å². The molecule has 0 spiro atoms. The van der Waals surface area contributed by atoms with E-state index in [9.17, 15) is 33.0 Å². The first-order valence-corrected chi connectivity index (χ1v) is 15.1. The number of carboxylic acids is 1. The smallest absolute Gasteiger partial charge is 0.268 e. The van der Waals surface area contributed by atoms with Gasteiger partial charge in [0.25, 0.3) is 15.9 Å². The van der Waals surface area contributed by atoms with Gasteiger partial charge in [-0.1, -0.05) is 25.1 Å². The number of aliphatic hydroxyl groups excluding tert-OH is 2. The maximum absolute atomic E-state index is 13.9. The van der Waals surface area contributed by atoms with Crippen molar-refractivity contribution in [3.8, 4) is 0 Å². The molecule has 3 aliphatic heterocycles. The fourth-order valence-electron chi connectivity index (χ4n) is 6.63. The van der Waals surface area contributed by atoms with Gasteiger partial charge >= 0.3 is 0 Å². The second kappa shape index (κ2) is 10.0. The van der Waals surface area contributed by atoms with Crippen molar-refractivity contribution < 1.29 is 42.7 Å². The summed E-state index contributed by atoms with van der Waals surface area (Å²) in [6.45, 7) is 3.62. The van der Waals surface area contributed by atoms with Gasteiger partial charge < -0.3 is 25.0 Å². The normalized spacial score (nSPS) is 23.4. The number of benzene rings is 2. The molecule has 13 heteroatoms. The third-order valence-electron chi connectivity index (χ3n) is 8.68. The van der Waals surface area contributed by atoms with Gasteiger partial charge in [-0.3, -0.25) is 9.59 Å². The van der Waals surface area contributed by atoms with E-state index >= 15 is 0 Å². The summed E-state index contributed by atoms with van der Waals surface area (Å²) < 4.78 is 32.3. The molecule has 4 heterocycles. The first-order valence-electron chi connectivity index (χ1n) is 13.7. The van der Waals surface area contributed by atoms with E-state index in [2.05, 4.69) is 0 Å². The van der Waals surface area contributed by atoms with Crippen molar-refractivity contribution in [1.29, 1.82) is 0 Å². The standard InChI is InChI=1S/C29H30N4O8S/c1-16-21(26(29(38)39)33-25(16)23(17(2)35)28(33)37)14-32-27(36)20-5-3-4-19-18(6-7-22(24(19)20)42(32,40)41)8-9-30-10-11-31(15-30)12-13-34/h3-7,10-11,15-17,23,25,34-35H,8-9,12-14H2,1-2H3/t16-,17+,23+,25+/m0/s1. The van der Waals surface area contributed by atoms with Gasteiger partial charge in [0.1, 0.15) is 18.9 Å². The number of rotatable bonds is 9. The molecule has 2 N–H and O–H groups in total. The van der Waals surface area contributed by atoms with Crippen molar-refractivity contribution >= 4 is 38.6 Å². The zero-order chi connectivity index (χ0) is 30.1. The van der Waals surface area contributed by atoms with E-state index in [1.54, 1.807) is 31.2 Å². The van der Waals surface area contributed by atoms with Crippen molar-refractivity contribution in [2.24, 2.45) is 11.8 Å². The topological polar surface area (TPSA) is 164 Å². The number of carbonyl (C=O) groups is 3. The molecule has 220 valence electrons. The monoisotopic (exact) mass is 594 g/mol. The highest BCUT2D eigenvalue weighted by Crippen LogP contribution is 2.48. The van der Waals surface area contributed by atoms with E-state index < -0.39 is 64.0 Å². The lowest BCUT2D eigenvalue weighted by Gasteiger charge is -2.47. The van der Waals surface area contributed by atoms with E-state index in [0.717, 1.165) is 10.5 Å². The first-order chi connectivity index (χ1) is 20.0. The van der Waals surface area contributed by atoms with Crippen LogP contribution in [-0.4, -0.2) is 75.5 Å². The number of carbonyl (C=O) groups excluding carboxylic acids is 3. The average molecular weight is 595 g/mol. The second-order valence-corrected chi connectivity index (χ2v) is 12.9. The molecule has 1 fully saturated rings. The molecule has 2 amide bonds. The van der Waals surface area contributed by atoms with E-state index in [-0.39, 0.29) is 22.6 Å². The SMILES string of the molecule is C[C@@H](O)[C@H]1C(=O)N2C(C(=O)[O-])=C(CN3C(=O)c4cccc5c(CCn6cc[n+](CCO)c6)ccc(c45)S3(=O)=O)[C@H](C)[C@H]12. The Hall–Kier alpha value is -4.07.